The van der Waals surface area contributed by atoms with E-state index >= 15 is 0 Å². The number of hydrogen-bond donors (Lipinski definition) is 1. The Hall–Kier alpha value is -2.71. The minimum absolute atomic E-state index is 0.263. The number of anilines is 1. The highest BCUT2D eigenvalue weighted by Gasteiger charge is 2.26. The number of nitrogens with zero attached hydrogens (tertiary/aromatic N) is 4. The van der Waals surface area contributed by atoms with E-state index in [4.69, 9.17) is 0 Å². The van der Waals surface area contributed by atoms with Gasteiger partial charge >= 0.3 is 0 Å². The molecule has 1 aromatic carbocycles. The van der Waals surface area contributed by atoms with E-state index < -0.39 is 10.0 Å². The minimum atomic E-state index is -3.43. The molecule has 152 valence electrons. The lowest BCUT2D eigenvalue weighted by molar-refractivity contribution is 0.346. The lowest BCUT2D eigenvalue weighted by atomic mass is 10.1. The minimum Gasteiger partial charge on any atom is -0.370 e. The predicted molar refractivity (Wildman–Crippen MR) is 113 cm³/mol. The lowest BCUT2D eigenvalue weighted by Crippen LogP contribution is -2.35. The maximum Gasteiger partial charge on any atom is 0.244 e. The van der Waals surface area contributed by atoms with E-state index in [-0.39, 0.29) is 4.90 Å². The lowest BCUT2D eigenvalue weighted by Gasteiger charge is -2.25. The standard InChI is InChI=1S/C21H25N5O2S/c27-29(28,25-14-2-1-3-15-25)20-9-10-21(23-17-20)22-13-11-18-5-7-19(8-6-18)26-16-4-12-24-26/h4-10,12,16-17H,1-3,11,13-15H2,(H,22,23). The first-order valence-corrected chi connectivity index (χ1v) is 11.4. The van der Waals surface area contributed by atoms with E-state index in [0.717, 1.165) is 31.4 Å². The molecule has 8 heteroatoms. The summed E-state index contributed by atoms with van der Waals surface area (Å²) in [5, 5.41) is 7.48. The summed E-state index contributed by atoms with van der Waals surface area (Å²) >= 11 is 0. The Bertz CT molecular complexity index is 1010. The van der Waals surface area contributed by atoms with Crippen LogP contribution in [0.2, 0.25) is 0 Å². The van der Waals surface area contributed by atoms with Gasteiger partial charge in [0.05, 0.1) is 5.69 Å². The quantitative estimate of drug-likeness (QED) is 0.646. The van der Waals surface area contributed by atoms with Crippen molar-refractivity contribution >= 4 is 15.8 Å². The molecular formula is C21H25N5O2S. The zero-order valence-electron chi connectivity index (χ0n) is 16.2. The number of aromatic nitrogens is 3. The van der Waals surface area contributed by atoms with Crippen LogP contribution < -0.4 is 5.32 Å². The Morgan fingerprint density at radius 2 is 1.79 bits per heavy atom. The maximum absolute atomic E-state index is 12.7. The van der Waals surface area contributed by atoms with Crippen LogP contribution in [0.5, 0.6) is 0 Å². The molecule has 1 N–H and O–H groups in total. The van der Waals surface area contributed by atoms with Crippen LogP contribution in [0.15, 0.2) is 66.0 Å². The van der Waals surface area contributed by atoms with Crippen LogP contribution in [-0.4, -0.2) is 47.1 Å². The van der Waals surface area contributed by atoms with Crippen molar-refractivity contribution in [1.82, 2.24) is 19.1 Å². The zero-order chi connectivity index (χ0) is 20.1. The van der Waals surface area contributed by atoms with Crippen LogP contribution in [-0.2, 0) is 16.4 Å². The third kappa shape index (κ3) is 4.65. The van der Waals surface area contributed by atoms with Crippen LogP contribution in [0.25, 0.3) is 5.69 Å². The van der Waals surface area contributed by atoms with Crippen molar-refractivity contribution in [1.29, 1.82) is 0 Å². The van der Waals surface area contributed by atoms with E-state index in [9.17, 15) is 8.42 Å². The molecule has 1 fully saturated rings. The second-order valence-corrected chi connectivity index (χ2v) is 9.08. The summed E-state index contributed by atoms with van der Waals surface area (Å²) in [6, 6.07) is 13.5. The zero-order valence-corrected chi connectivity index (χ0v) is 17.1. The molecule has 4 rings (SSSR count). The van der Waals surface area contributed by atoms with Crippen molar-refractivity contribution in [3.05, 3.63) is 66.6 Å². The summed E-state index contributed by atoms with van der Waals surface area (Å²) < 4.78 is 28.7. The first-order chi connectivity index (χ1) is 14.1. The summed E-state index contributed by atoms with van der Waals surface area (Å²) in [6.45, 7) is 1.91. The number of sulfonamides is 1. The van der Waals surface area contributed by atoms with Gasteiger partial charge in [-0.15, -0.1) is 0 Å². The predicted octanol–water partition coefficient (Wildman–Crippen LogP) is 3.10. The number of benzene rings is 1. The number of hydrogen-bond acceptors (Lipinski definition) is 5. The average Bonchev–Trinajstić information content (AvgIpc) is 3.30. The van der Waals surface area contributed by atoms with Crippen LogP contribution in [0.3, 0.4) is 0 Å². The summed E-state index contributed by atoms with van der Waals surface area (Å²) in [7, 11) is -3.43. The van der Waals surface area contributed by atoms with Gasteiger partial charge < -0.3 is 5.32 Å². The first-order valence-electron chi connectivity index (χ1n) is 9.92. The van der Waals surface area contributed by atoms with Crippen molar-refractivity contribution in [2.45, 2.75) is 30.6 Å². The van der Waals surface area contributed by atoms with Gasteiger partial charge in [0.25, 0.3) is 0 Å². The van der Waals surface area contributed by atoms with Gasteiger partial charge in [-0.3, -0.25) is 0 Å². The second kappa shape index (κ2) is 8.75. The Labute approximate surface area is 171 Å². The summed E-state index contributed by atoms with van der Waals surface area (Å²) in [4.78, 5) is 4.55. The number of nitrogens with one attached hydrogen (secondary N) is 1. The van der Waals surface area contributed by atoms with E-state index in [2.05, 4.69) is 27.5 Å². The Balaban J connectivity index is 1.31. The summed E-state index contributed by atoms with van der Waals surface area (Å²) in [6.07, 6.45) is 8.91. The van der Waals surface area contributed by atoms with Gasteiger partial charge in [-0.2, -0.15) is 9.40 Å². The molecule has 3 aromatic rings. The molecule has 0 amide bonds. The van der Waals surface area contributed by atoms with Crippen molar-refractivity contribution in [2.75, 3.05) is 25.0 Å². The Morgan fingerprint density at radius 3 is 2.45 bits per heavy atom. The van der Waals surface area contributed by atoms with Gasteiger partial charge in [0, 0.05) is 38.2 Å². The third-order valence-electron chi connectivity index (χ3n) is 5.11. The molecule has 1 aliphatic heterocycles. The Kier molecular flexibility index (Phi) is 5.92. The van der Waals surface area contributed by atoms with Crippen LogP contribution in [0, 0.1) is 0 Å². The van der Waals surface area contributed by atoms with Crippen molar-refractivity contribution in [2.24, 2.45) is 0 Å². The van der Waals surface area contributed by atoms with Crippen LogP contribution in [0.4, 0.5) is 5.82 Å². The number of rotatable bonds is 7. The molecule has 0 radical (unpaired) electrons. The molecule has 0 bridgehead atoms. The molecule has 0 spiro atoms. The number of piperidine rings is 1. The van der Waals surface area contributed by atoms with Gasteiger partial charge in [-0.1, -0.05) is 18.6 Å². The second-order valence-electron chi connectivity index (χ2n) is 7.14. The van der Waals surface area contributed by atoms with E-state index in [1.165, 1.54) is 11.8 Å². The van der Waals surface area contributed by atoms with Crippen LogP contribution >= 0.6 is 0 Å². The molecule has 0 atom stereocenters. The van der Waals surface area contributed by atoms with Crippen molar-refractivity contribution in [3.63, 3.8) is 0 Å². The molecule has 0 saturated carbocycles. The van der Waals surface area contributed by atoms with Crippen LogP contribution in [0.1, 0.15) is 24.8 Å². The fourth-order valence-electron chi connectivity index (χ4n) is 3.46. The Morgan fingerprint density at radius 1 is 1.00 bits per heavy atom. The van der Waals surface area contributed by atoms with Gasteiger partial charge in [-0.25, -0.2) is 18.1 Å². The van der Waals surface area contributed by atoms with Gasteiger partial charge in [0.1, 0.15) is 10.7 Å². The summed E-state index contributed by atoms with van der Waals surface area (Å²) in [5.74, 6) is 0.677. The fraction of sp³-hybridized carbons (Fsp3) is 0.333. The maximum atomic E-state index is 12.7. The molecule has 1 aliphatic rings. The highest BCUT2D eigenvalue weighted by atomic mass is 32.2. The molecule has 29 heavy (non-hydrogen) atoms. The highest BCUT2D eigenvalue weighted by molar-refractivity contribution is 7.89. The van der Waals surface area contributed by atoms with Crippen molar-refractivity contribution < 1.29 is 8.42 Å². The molecule has 7 nitrogen and oxygen atoms in total. The normalized spacial score (nSPS) is 15.3. The average molecular weight is 412 g/mol. The highest BCUT2D eigenvalue weighted by Crippen LogP contribution is 2.20. The molecule has 0 aliphatic carbocycles. The van der Waals surface area contributed by atoms with Gasteiger partial charge in [0.2, 0.25) is 10.0 Å². The largest absolute Gasteiger partial charge is 0.370 e. The van der Waals surface area contributed by atoms with Gasteiger partial charge in [-0.05, 0) is 55.2 Å². The number of pyridine rings is 1. The SMILES string of the molecule is O=S(=O)(c1ccc(NCCc2ccc(-n3cccn3)cc2)nc1)N1CCCCC1. The fourth-order valence-corrected chi connectivity index (χ4v) is 4.93. The molecule has 0 unspecified atom stereocenters. The summed E-state index contributed by atoms with van der Waals surface area (Å²) in [5.41, 5.74) is 2.23. The smallest absolute Gasteiger partial charge is 0.244 e. The molecular weight excluding hydrogens is 386 g/mol. The van der Waals surface area contributed by atoms with Crippen molar-refractivity contribution in [3.8, 4) is 5.69 Å². The van der Waals surface area contributed by atoms with Gasteiger partial charge in [0.15, 0.2) is 0 Å². The topological polar surface area (TPSA) is 80.1 Å². The van der Waals surface area contributed by atoms with E-state index in [1.807, 2.05) is 29.1 Å². The molecule has 1 saturated heterocycles. The molecule has 3 heterocycles. The third-order valence-corrected chi connectivity index (χ3v) is 7.00. The van der Waals surface area contributed by atoms with E-state index in [0.29, 0.717) is 25.5 Å². The molecule has 2 aromatic heterocycles. The monoisotopic (exact) mass is 411 g/mol. The van der Waals surface area contributed by atoms with E-state index in [1.54, 1.807) is 22.6 Å². The first kappa shape index (κ1) is 19.6.